The first kappa shape index (κ1) is 11.9. The Morgan fingerprint density at radius 1 is 1.60 bits per heavy atom. The third kappa shape index (κ3) is 2.08. The van der Waals surface area contributed by atoms with E-state index in [9.17, 15) is 9.90 Å². The van der Waals surface area contributed by atoms with Gasteiger partial charge in [0.05, 0.1) is 11.8 Å². The molecule has 1 aromatic heterocycles. The van der Waals surface area contributed by atoms with Crippen LogP contribution in [0.15, 0.2) is 22.4 Å². The molecule has 0 amide bonds. The van der Waals surface area contributed by atoms with Gasteiger partial charge in [0.15, 0.2) is 0 Å². The van der Waals surface area contributed by atoms with E-state index in [-0.39, 0.29) is 10.0 Å². The molecule has 0 aliphatic heterocycles. The number of nitrogens with zero attached hydrogens (tertiary/aromatic N) is 2. The smallest absolute Gasteiger partial charge is 0.272 e. The lowest BCUT2D eigenvalue weighted by Crippen LogP contribution is -2.23. The van der Waals surface area contributed by atoms with E-state index >= 15 is 0 Å². The maximum Gasteiger partial charge on any atom is 0.272 e. The summed E-state index contributed by atoms with van der Waals surface area (Å²) < 4.78 is 1.49. The minimum atomic E-state index is -0.815. The van der Waals surface area contributed by atoms with Gasteiger partial charge in [0, 0.05) is 6.20 Å². The highest BCUT2D eigenvalue weighted by Crippen LogP contribution is 2.18. The van der Waals surface area contributed by atoms with Gasteiger partial charge in [-0.2, -0.15) is 0 Å². The molecule has 1 atom stereocenters. The fourth-order valence-corrected chi connectivity index (χ4v) is 1.75. The molecule has 0 saturated heterocycles. The number of aromatic nitrogens is 2. The van der Waals surface area contributed by atoms with Crippen LogP contribution in [-0.4, -0.2) is 14.7 Å². The first-order valence-corrected chi connectivity index (χ1v) is 5.07. The van der Waals surface area contributed by atoms with Crippen LogP contribution < -0.4 is 5.56 Å². The zero-order valence-corrected chi connectivity index (χ0v) is 9.86. The van der Waals surface area contributed by atoms with E-state index in [1.165, 1.54) is 23.8 Å². The highest BCUT2D eigenvalue weighted by Gasteiger charge is 2.15. The molecule has 1 unspecified atom stereocenters. The molecule has 0 spiro atoms. The van der Waals surface area contributed by atoms with E-state index in [1.807, 2.05) is 0 Å². The summed E-state index contributed by atoms with van der Waals surface area (Å²) in [6, 6.07) is 0. The van der Waals surface area contributed by atoms with Crippen LogP contribution in [-0.2, 0) is 0 Å². The summed E-state index contributed by atoms with van der Waals surface area (Å²) >= 11 is 3.10. The number of aliphatic hydroxyl groups excluding tert-OH is 1. The Hall–Kier alpha value is -1.20. The summed E-state index contributed by atoms with van der Waals surface area (Å²) in [7, 11) is 0. The average molecular weight is 271 g/mol. The van der Waals surface area contributed by atoms with Crippen molar-refractivity contribution < 1.29 is 5.11 Å². The van der Waals surface area contributed by atoms with Crippen LogP contribution in [0.25, 0.3) is 12.3 Å². The van der Waals surface area contributed by atoms with Crippen LogP contribution in [0.3, 0.4) is 0 Å². The van der Waals surface area contributed by atoms with Gasteiger partial charge in [-0.15, -0.1) is 0 Å². The fraction of sp³-hybridized carbons (Fsp3) is 0.200. The van der Waals surface area contributed by atoms with Gasteiger partial charge in [-0.3, -0.25) is 9.36 Å². The van der Waals surface area contributed by atoms with Crippen molar-refractivity contribution in [3.63, 3.8) is 0 Å². The van der Waals surface area contributed by atoms with Gasteiger partial charge >= 0.3 is 0 Å². The summed E-state index contributed by atoms with van der Waals surface area (Å²) in [4.78, 5) is 15.8. The molecule has 15 heavy (non-hydrogen) atoms. The Labute approximate surface area is 95.7 Å². The molecule has 0 fully saturated rings. The van der Waals surface area contributed by atoms with Crippen molar-refractivity contribution in [2.45, 2.75) is 13.0 Å². The summed E-state index contributed by atoms with van der Waals surface area (Å²) in [6.45, 7) is 8.59. The highest BCUT2D eigenvalue weighted by atomic mass is 79.9. The summed E-state index contributed by atoms with van der Waals surface area (Å²) in [5, 5.41) is 9.41. The van der Waals surface area contributed by atoms with Crippen LogP contribution in [0.2, 0.25) is 0 Å². The third-order valence-electron chi connectivity index (χ3n) is 1.87. The summed E-state index contributed by atoms with van der Waals surface area (Å²) in [6.07, 6.45) is 1.97. The monoisotopic (exact) mass is 270 g/mol. The predicted octanol–water partition coefficient (Wildman–Crippen LogP) is 1.80. The lowest BCUT2D eigenvalue weighted by atomic mass is 10.2. The van der Waals surface area contributed by atoms with E-state index in [0.717, 1.165) is 0 Å². The van der Waals surface area contributed by atoms with E-state index in [0.29, 0.717) is 11.5 Å². The Bertz CT molecular complexity index is 463. The molecule has 0 radical (unpaired) electrons. The van der Waals surface area contributed by atoms with Crippen molar-refractivity contribution in [2.75, 3.05) is 0 Å². The van der Waals surface area contributed by atoms with E-state index in [4.69, 9.17) is 0 Å². The molecule has 80 valence electrons. The number of hydrogen-bond acceptors (Lipinski definition) is 3. The molecule has 1 rings (SSSR count). The van der Waals surface area contributed by atoms with Crippen LogP contribution in [0, 0.1) is 0 Å². The highest BCUT2D eigenvalue weighted by molar-refractivity contribution is 9.10. The maximum absolute atomic E-state index is 11.8. The molecular formula is C10H11BrN2O2. The fourth-order valence-electron chi connectivity index (χ4n) is 1.14. The van der Waals surface area contributed by atoms with E-state index in [2.05, 4.69) is 34.1 Å². The molecule has 1 N–H and O–H groups in total. The molecule has 4 nitrogen and oxygen atoms in total. The van der Waals surface area contributed by atoms with Crippen LogP contribution in [0.5, 0.6) is 0 Å². The van der Waals surface area contributed by atoms with Gasteiger partial charge in [0.1, 0.15) is 10.3 Å². The van der Waals surface area contributed by atoms with Gasteiger partial charge in [0.25, 0.3) is 5.56 Å². The van der Waals surface area contributed by atoms with Gasteiger partial charge in [-0.25, -0.2) is 4.98 Å². The van der Waals surface area contributed by atoms with Crippen LogP contribution in [0.1, 0.15) is 24.5 Å². The number of hydrogen-bond donors (Lipinski definition) is 1. The lowest BCUT2D eigenvalue weighted by molar-refractivity contribution is 0.193. The zero-order chi connectivity index (χ0) is 11.6. The summed E-state index contributed by atoms with van der Waals surface area (Å²) in [5.41, 5.74) is -0.0150. The minimum Gasteiger partial charge on any atom is -0.387 e. The van der Waals surface area contributed by atoms with Gasteiger partial charge in [-0.1, -0.05) is 13.2 Å². The van der Waals surface area contributed by atoms with Gasteiger partial charge in [-0.05, 0) is 28.9 Å². The van der Waals surface area contributed by atoms with Gasteiger partial charge < -0.3 is 5.11 Å². The lowest BCUT2D eigenvalue weighted by Gasteiger charge is -2.10. The van der Waals surface area contributed by atoms with Crippen molar-refractivity contribution in [2.24, 2.45) is 0 Å². The normalized spacial score (nSPS) is 12.2. The molecule has 0 aliphatic rings. The molecular weight excluding hydrogens is 260 g/mol. The molecule has 0 aliphatic carbocycles. The third-order valence-corrected chi connectivity index (χ3v) is 2.62. The Kier molecular flexibility index (Phi) is 3.60. The largest absolute Gasteiger partial charge is 0.387 e. The molecule has 1 aromatic rings. The SMILES string of the molecule is C=Cc1nc(C(C)O)c(Br)c(=O)n1C=C. The standard InChI is InChI=1S/C10H11BrN2O2/c1-4-7-12-9(6(3)14)8(11)10(15)13(7)5-2/h4-6,14H,1-2H2,3H3. The van der Waals surface area contributed by atoms with Crippen LogP contribution in [0.4, 0.5) is 0 Å². The second-order valence-corrected chi connectivity index (χ2v) is 3.70. The van der Waals surface area contributed by atoms with Crippen molar-refractivity contribution in [1.82, 2.24) is 9.55 Å². The van der Waals surface area contributed by atoms with E-state index < -0.39 is 6.10 Å². The van der Waals surface area contributed by atoms with Crippen molar-refractivity contribution >= 4 is 28.2 Å². The zero-order valence-electron chi connectivity index (χ0n) is 8.27. The van der Waals surface area contributed by atoms with E-state index in [1.54, 1.807) is 0 Å². The number of halogens is 1. The Balaban J connectivity index is 3.64. The number of rotatable bonds is 3. The topological polar surface area (TPSA) is 55.1 Å². The van der Waals surface area contributed by atoms with Crippen molar-refractivity contribution in [3.8, 4) is 0 Å². The predicted molar refractivity (Wildman–Crippen MR) is 63.3 cm³/mol. The Morgan fingerprint density at radius 3 is 2.60 bits per heavy atom. The molecule has 1 heterocycles. The number of aliphatic hydroxyl groups is 1. The molecule has 0 aromatic carbocycles. The first-order chi connectivity index (χ1) is 7.02. The second kappa shape index (κ2) is 4.55. The average Bonchev–Trinajstić information content (AvgIpc) is 2.21. The van der Waals surface area contributed by atoms with Crippen LogP contribution >= 0.6 is 15.9 Å². The molecule has 5 heteroatoms. The second-order valence-electron chi connectivity index (χ2n) is 2.91. The van der Waals surface area contributed by atoms with Crippen molar-refractivity contribution in [1.29, 1.82) is 0 Å². The van der Waals surface area contributed by atoms with Crippen molar-refractivity contribution in [3.05, 3.63) is 39.5 Å². The summed E-state index contributed by atoms with van der Waals surface area (Å²) in [5.74, 6) is 0.356. The molecule has 0 saturated carbocycles. The minimum absolute atomic E-state index is 0.239. The Morgan fingerprint density at radius 2 is 2.20 bits per heavy atom. The van der Waals surface area contributed by atoms with Gasteiger partial charge in [0.2, 0.25) is 0 Å². The maximum atomic E-state index is 11.8. The molecule has 0 bridgehead atoms. The first-order valence-electron chi connectivity index (χ1n) is 4.28. The quantitative estimate of drug-likeness (QED) is 0.912.